The predicted molar refractivity (Wildman–Crippen MR) is 90.5 cm³/mol. The number of carbonyl (C=O) groups is 1. The summed E-state index contributed by atoms with van der Waals surface area (Å²) in [5.74, 6) is 0.744. The maximum Gasteiger partial charge on any atom is 0.419 e. The van der Waals surface area contributed by atoms with Crippen molar-refractivity contribution in [2.24, 2.45) is 0 Å². The molecule has 0 amide bonds. The molecular formula is C17H20BrNO3. The van der Waals surface area contributed by atoms with Crippen molar-refractivity contribution in [3.8, 4) is 17.0 Å². The second kappa shape index (κ2) is 6.16. The molecule has 0 saturated heterocycles. The Kier molecular flexibility index (Phi) is 4.66. The number of methoxy groups -OCH3 is 1. The number of benzene rings is 1. The van der Waals surface area contributed by atoms with Gasteiger partial charge in [0.25, 0.3) is 0 Å². The molecule has 0 atom stereocenters. The lowest BCUT2D eigenvalue weighted by atomic mass is 10.1. The molecule has 2 rings (SSSR count). The number of hydrogen-bond acceptors (Lipinski definition) is 3. The van der Waals surface area contributed by atoms with Crippen LogP contribution in [0.1, 0.15) is 26.3 Å². The molecule has 2 aromatic rings. The zero-order valence-electron chi connectivity index (χ0n) is 13.4. The topological polar surface area (TPSA) is 40.5 Å². The summed E-state index contributed by atoms with van der Waals surface area (Å²) >= 11 is 3.43. The molecule has 0 bridgehead atoms. The Hall–Kier alpha value is -1.75. The number of hydrogen-bond donors (Lipinski definition) is 0. The number of aryl methyl sites for hydroxylation is 1. The molecule has 0 saturated carbocycles. The molecular weight excluding hydrogens is 346 g/mol. The fourth-order valence-electron chi connectivity index (χ4n) is 2.10. The van der Waals surface area contributed by atoms with Crippen LogP contribution in [0.4, 0.5) is 4.79 Å². The highest BCUT2D eigenvalue weighted by Crippen LogP contribution is 2.31. The van der Waals surface area contributed by atoms with Crippen molar-refractivity contribution in [1.29, 1.82) is 0 Å². The third-order valence-corrected chi connectivity index (χ3v) is 3.53. The second-order valence-corrected chi connectivity index (χ2v) is 6.99. The van der Waals surface area contributed by atoms with Crippen LogP contribution in [0, 0.1) is 6.92 Å². The first-order valence-corrected chi connectivity index (χ1v) is 7.77. The lowest BCUT2D eigenvalue weighted by molar-refractivity contribution is 0.0540. The first kappa shape index (κ1) is 16.6. The van der Waals surface area contributed by atoms with Gasteiger partial charge in [-0.3, -0.25) is 4.57 Å². The van der Waals surface area contributed by atoms with Gasteiger partial charge in [-0.1, -0.05) is 6.07 Å². The Bertz CT molecular complexity index is 698. The Morgan fingerprint density at radius 1 is 1.23 bits per heavy atom. The first-order chi connectivity index (χ1) is 10.2. The van der Waals surface area contributed by atoms with E-state index in [1.807, 2.05) is 52.0 Å². The molecule has 0 aliphatic heterocycles. The van der Waals surface area contributed by atoms with Crippen molar-refractivity contribution in [2.45, 2.75) is 33.3 Å². The molecule has 1 aromatic heterocycles. The summed E-state index contributed by atoms with van der Waals surface area (Å²) in [6, 6.07) is 7.67. The quantitative estimate of drug-likeness (QED) is 0.750. The summed E-state index contributed by atoms with van der Waals surface area (Å²) in [6.45, 7) is 7.54. The Labute approximate surface area is 139 Å². The molecule has 0 unspecified atom stereocenters. The highest BCUT2D eigenvalue weighted by atomic mass is 79.9. The minimum atomic E-state index is -0.547. The summed E-state index contributed by atoms with van der Waals surface area (Å²) in [5, 5.41) is 0. The van der Waals surface area contributed by atoms with E-state index >= 15 is 0 Å². The normalized spacial score (nSPS) is 11.4. The lowest BCUT2D eigenvalue weighted by Crippen LogP contribution is -2.27. The van der Waals surface area contributed by atoms with E-state index < -0.39 is 11.7 Å². The van der Waals surface area contributed by atoms with Crippen LogP contribution < -0.4 is 4.74 Å². The lowest BCUT2D eigenvalue weighted by Gasteiger charge is -2.20. The average molecular weight is 366 g/mol. The van der Waals surface area contributed by atoms with Crippen LogP contribution in [-0.4, -0.2) is 23.4 Å². The average Bonchev–Trinajstić information content (AvgIpc) is 2.79. The number of carbonyl (C=O) groups excluding carboxylic acids is 1. The van der Waals surface area contributed by atoms with Gasteiger partial charge in [-0.25, -0.2) is 4.79 Å². The van der Waals surface area contributed by atoms with Crippen LogP contribution in [0.3, 0.4) is 0 Å². The molecule has 0 N–H and O–H groups in total. The van der Waals surface area contributed by atoms with E-state index in [-0.39, 0.29) is 0 Å². The zero-order chi connectivity index (χ0) is 16.5. The van der Waals surface area contributed by atoms with Crippen molar-refractivity contribution in [3.05, 3.63) is 40.5 Å². The number of aromatic nitrogens is 1. The van der Waals surface area contributed by atoms with Crippen LogP contribution in [0.25, 0.3) is 11.3 Å². The molecule has 0 radical (unpaired) electrons. The van der Waals surface area contributed by atoms with Crippen molar-refractivity contribution >= 4 is 22.0 Å². The van der Waals surface area contributed by atoms with Gasteiger partial charge in [0.15, 0.2) is 0 Å². The van der Waals surface area contributed by atoms with Crippen molar-refractivity contribution < 1.29 is 14.3 Å². The Morgan fingerprint density at radius 3 is 2.50 bits per heavy atom. The minimum absolute atomic E-state index is 0.407. The van der Waals surface area contributed by atoms with Crippen molar-refractivity contribution in [2.75, 3.05) is 7.11 Å². The van der Waals surface area contributed by atoms with Gasteiger partial charge >= 0.3 is 6.09 Å². The van der Waals surface area contributed by atoms with Gasteiger partial charge in [0.05, 0.1) is 12.8 Å². The summed E-state index contributed by atoms with van der Waals surface area (Å²) in [6.07, 6.45) is 1.30. The highest BCUT2D eigenvalue weighted by molar-refractivity contribution is 9.10. The number of ether oxygens (including phenoxy) is 2. The van der Waals surface area contributed by atoms with Gasteiger partial charge in [0.2, 0.25) is 0 Å². The van der Waals surface area contributed by atoms with E-state index in [0.29, 0.717) is 0 Å². The maximum atomic E-state index is 12.4. The molecule has 0 fully saturated rings. The number of nitrogens with zero attached hydrogens (tertiary/aromatic N) is 1. The number of halogens is 1. The highest BCUT2D eigenvalue weighted by Gasteiger charge is 2.21. The molecule has 1 aromatic carbocycles. The molecule has 0 aliphatic rings. The standard InChI is InChI=1S/C17H20BrNO3/c1-11-6-7-13(21-5)9-14(11)15-8-12(18)10-19(15)16(20)22-17(2,3)4/h6-10H,1-5H3. The zero-order valence-corrected chi connectivity index (χ0v) is 15.0. The van der Waals surface area contributed by atoms with Gasteiger partial charge in [0, 0.05) is 16.2 Å². The monoisotopic (exact) mass is 365 g/mol. The van der Waals surface area contributed by atoms with E-state index in [2.05, 4.69) is 15.9 Å². The summed E-state index contributed by atoms with van der Waals surface area (Å²) in [7, 11) is 1.62. The summed E-state index contributed by atoms with van der Waals surface area (Å²) < 4.78 is 13.1. The first-order valence-electron chi connectivity index (χ1n) is 6.97. The molecule has 22 heavy (non-hydrogen) atoms. The van der Waals surface area contributed by atoms with Crippen LogP contribution >= 0.6 is 15.9 Å². The molecule has 5 heteroatoms. The van der Waals surface area contributed by atoms with E-state index in [0.717, 1.165) is 27.0 Å². The molecule has 4 nitrogen and oxygen atoms in total. The van der Waals surface area contributed by atoms with Crippen molar-refractivity contribution in [3.63, 3.8) is 0 Å². The maximum absolute atomic E-state index is 12.4. The number of rotatable bonds is 2. The van der Waals surface area contributed by atoms with E-state index in [1.165, 1.54) is 4.57 Å². The van der Waals surface area contributed by atoms with Crippen LogP contribution in [-0.2, 0) is 4.74 Å². The third-order valence-electron chi connectivity index (χ3n) is 3.10. The molecule has 0 aliphatic carbocycles. The molecule has 1 heterocycles. The summed E-state index contributed by atoms with van der Waals surface area (Å²) in [4.78, 5) is 12.4. The van der Waals surface area contributed by atoms with E-state index in [9.17, 15) is 4.79 Å². The minimum Gasteiger partial charge on any atom is -0.497 e. The molecule has 0 spiro atoms. The molecule has 118 valence electrons. The third kappa shape index (κ3) is 3.71. The fraction of sp³-hybridized carbons (Fsp3) is 0.353. The van der Waals surface area contributed by atoms with Gasteiger partial charge in [-0.15, -0.1) is 0 Å². The fourth-order valence-corrected chi connectivity index (χ4v) is 2.53. The van der Waals surface area contributed by atoms with Crippen LogP contribution in [0.15, 0.2) is 34.9 Å². The Morgan fingerprint density at radius 2 is 1.91 bits per heavy atom. The smallest absolute Gasteiger partial charge is 0.419 e. The van der Waals surface area contributed by atoms with Crippen LogP contribution in [0.2, 0.25) is 0 Å². The summed E-state index contributed by atoms with van der Waals surface area (Å²) in [5.41, 5.74) is 2.19. The van der Waals surface area contributed by atoms with Crippen molar-refractivity contribution in [1.82, 2.24) is 4.57 Å². The largest absolute Gasteiger partial charge is 0.497 e. The second-order valence-electron chi connectivity index (χ2n) is 6.07. The van der Waals surface area contributed by atoms with E-state index in [1.54, 1.807) is 13.3 Å². The van der Waals surface area contributed by atoms with Gasteiger partial charge < -0.3 is 9.47 Å². The predicted octanol–water partition coefficient (Wildman–Crippen LogP) is 5.02. The van der Waals surface area contributed by atoms with E-state index in [4.69, 9.17) is 9.47 Å². The van der Waals surface area contributed by atoms with Gasteiger partial charge in [-0.2, -0.15) is 0 Å². The Balaban J connectivity index is 2.51. The van der Waals surface area contributed by atoms with Gasteiger partial charge in [-0.05, 0) is 67.4 Å². The van der Waals surface area contributed by atoms with Crippen LogP contribution in [0.5, 0.6) is 5.75 Å². The SMILES string of the molecule is COc1ccc(C)c(-c2cc(Br)cn2C(=O)OC(C)(C)C)c1. The van der Waals surface area contributed by atoms with Gasteiger partial charge in [0.1, 0.15) is 11.4 Å².